The van der Waals surface area contributed by atoms with Crippen LogP contribution >= 0.6 is 11.6 Å². The number of amides is 2. The molecule has 0 spiro atoms. The van der Waals surface area contributed by atoms with Gasteiger partial charge in [0.1, 0.15) is 11.5 Å². The third-order valence-corrected chi connectivity index (χ3v) is 7.14. The Hall–Kier alpha value is -2.32. The van der Waals surface area contributed by atoms with E-state index in [0.717, 1.165) is 31.2 Å². The summed E-state index contributed by atoms with van der Waals surface area (Å²) in [4.78, 5) is 14.8. The maximum Gasteiger partial charge on any atom is 0.317 e. The summed E-state index contributed by atoms with van der Waals surface area (Å²) in [7, 11) is 3.55. The quantitative estimate of drug-likeness (QED) is 0.338. The first-order chi connectivity index (χ1) is 17.4. The molecule has 3 atom stereocenters. The van der Waals surface area contributed by atoms with E-state index in [-0.39, 0.29) is 18.0 Å². The van der Waals surface area contributed by atoms with Crippen LogP contribution in [0, 0.1) is 5.92 Å². The van der Waals surface area contributed by atoms with Crippen LogP contribution in [0.15, 0.2) is 48.5 Å². The Morgan fingerprint density at radius 2 is 1.92 bits per heavy atom. The summed E-state index contributed by atoms with van der Waals surface area (Å²) >= 11 is 6.37. The Balaban J connectivity index is 1.89. The second-order valence-electron chi connectivity index (χ2n) is 9.60. The molecule has 8 heteroatoms. The fraction of sp³-hybridized carbons (Fsp3) is 0.536. The van der Waals surface area contributed by atoms with Crippen molar-refractivity contribution < 1.29 is 19.4 Å². The van der Waals surface area contributed by atoms with E-state index in [2.05, 4.69) is 10.6 Å². The molecule has 1 aliphatic heterocycles. The van der Waals surface area contributed by atoms with Crippen molar-refractivity contribution in [2.45, 2.75) is 50.7 Å². The van der Waals surface area contributed by atoms with Crippen LogP contribution in [-0.4, -0.2) is 62.5 Å². The number of piperidine rings is 1. The summed E-state index contributed by atoms with van der Waals surface area (Å²) in [5, 5.41) is 19.0. The number of ether oxygens (including phenoxy) is 2. The van der Waals surface area contributed by atoms with E-state index in [4.69, 9.17) is 21.1 Å². The molecule has 0 aliphatic carbocycles. The summed E-state index contributed by atoms with van der Waals surface area (Å²) in [5.74, 6) is 0.968. The predicted molar refractivity (Wildman–Crippen MR) is 144 cm³/mol. The van der Waals surface area contributed by atoms with Crippen molar-refractivity contribution in [1.82, 2.24) is 15.5 Å². The largest absolute Gasteiger partial charge is 0.455 e. The van der Waals surface area contributed by atoms with E-state index in [1.807, 2.05) is 61.3 Å². The SMILES string of the molecule is CNCC(C)NC(=O)N1CCC[C@@H]([C@@](O)(CCCCOC)c2ccccc2Oc2ccccc2Cl)C1. The van der Waals surface area contributed by atoms with Crippen LogP contribution in [0.3, 0.4) is 0 Å². The molecule has 2 aromatic carbocycles. The topological polar surface area (TPSA) is 83.1 Å². The summed E-state index contributed by atoms with van der Waals surface area (Å²) < 4.78 is 11.5. The molecular weight excluding hydrogens is 478 g/mol. The molecule has 198 valence electrons. The molecule has 3 N–H and O–H groups in total. The molecule has 1 saturated heterocycles. The number of nitrogens with zero attached hydrogens (tertiary/aromatic N) is 1. The maximum atomic E-state index is 13.0. The highest BCUT2D eigenvalue weighted by molar-refractivity contribution is 6.32. The molecule has 36 heavy (non-hydrogen) atoms. The van der Waals surface area contributed by atoms with Crippen LogP contribution in [0.5, 0.6) is 11.5 Å². The van der Waals surface area contributed by atoms with Gasteiger partial charge in [-0.3, -0.25) is 0 Å². The fourth-order valence-corrected chi connectivity index (χ4v) is 5.14. The van der Waals surface area contributed by atoms with Crippen molar-refractivity contribution in [3.63, 3.8) is 0 Å². The monoisotopic (exact) mass is 517 g/mol. The van der Waals surface area contributed by atoms with Gasteiger partial charge < -0.3 is 30.1 Å². The lowest BCUT2D eigenvalue weighted by molar-refractivity contribution is -0.0574. The van der Waals surface area contributed by atoms with Crippen LogP contribution in [0.25, 0.3) is 0 Å². The van der Waals surface area contributed by atoms with E-state index < -0.39 is 5.60 Å². The minimum atomic E-state index is -1.18. The minimum Gasteiger partial charge on any atom is -0.455 e. The molecule has 1 unspecified atom stereocenters. The van der Waals surface area contributed by atoms with E-state index in [1.165, 1.54) is 0 Å². The van der Waals surface area contributed by atoms with Gasteiger partial charge in [-0.15, -0.1) is 0 Å². The number of urea groups is 1. The molecule has 0 aromatic heterocycles. The van der Waals surface area contributed by atoms with Crippen LogP contribution in [0.1, 0.15) is 44.6 Å². The predicted octanol–water partition coefficient (Wildman–Crippen LogP) is 5.17. The Morgan fingerprint density at radius 3 is 2.64 bits per heavy atom. The highest BCUT2D eigenvalue weighted by Gasteiger charge is 2.43. The van der Waals surface area contributed by atoms with Crippen LogP contribution in [-0.2, 0) is 10.3 Å². The number of nitrogens with one attached hydrogen (secondary N) is 2. The average molecular weight is 518 g/mol. The standard InChI is InChI=1S/C28H40ClN3O4/c1-21(19-30-2)31-27(33)32-17-10-11-22(20-32)28(34,16-8-9-18-35-3)23-12-4-6-14-25(23)36-26-15-7-5-13-24(26)29/h4-7,12-15,21-22,30,34H,8-11,16-20H2,1-3H3,(H,31,33)/t21?,22-,28+/m1/s1. The van der Waals surface area contributed by atoms with E-state index in [0.29, 0.717) is 49.2 Å². The molecule has 3 rings (SSSR count). The second-order valence-corrected chi connectivity index (χ2v) is 10.0. The highest BCUT2D eigenvalue weighted by Crippen LogP contribution is 2.44. The summed E-state index contributed by atoms with van der Waals surface area (Å²) in [5.41, 5.74) is -0.459. The number of methoxy groups -OCH3 is 1. The Bertz CT molecular complexity index is 975. The van der Waals surface area contributed by atoms with Gasteiger partial charge in [0.2, 0.25) is 0 Å². The summed E-state index contributed by atoms with van der Waals surface area (Å²) in [6, 6.07) is 14.8. The van der Waals surface area contributed by atoms with Gasteiger partial charge in [-0.05, 0) is 64.3 Å². The van der Waals surface area contributed by atoms with Gasteiger partial charge in [0.05, 0.1) is 10.6 Å². The molecule has 2 amide bonds. The number of para-hydroxylation sites is 2. The van der Waals surface area contributed by atoms with Crippen molar-refractivity contribution in [2.75, 3.05) is 40.4 Å². The lowest BCUT2D eigenvalue weighted by Gasteiger charge is -2.43. The first-order valence-electron chi connectivity index (χ1n) is 12.8. The van der Waals surface area contributed by atoms with Gasteiger partial charge in [-0.25, -0.2) is 4.79 Å². The highest BCUT2D eigenvalue weighted by atomic mass is 35.5. The molecule has 0 saturated carbocycles. The molecule has 1 fully saturated rings. The van der Waals surface area contributed by atoms with Crippen molar-refractivity contribution in [1.29, 1.82) is 0 Å². The van der Waals surface area contributed by atoms with E-state index in [9.17, 15) is 9.90 Å². The van der Waals surface area contributed by atoms with E-state index in [1.54, 1.807) is 13.2 Å². The lowest BCUT2D eigenvalue weighted by atomic mass is 9.73. The number of carbonyl (C=O) groups is 1. The zero-order valence-electron chi connectivity index (χ0n) is 21.6. The molecule has 2 aromatic rings. The number of unbranched alkanes of at least 4 members (excludes halogenated alkanes) is 1. The van der Waals surface area contributed by atoms with Crippen LogP contribution in [0.4, 0.5) is 4.79 Å². The first-order valence-corrected chi connectivity index (χ1v) is 13.2. The zero-order chi connectivity index (χ0) is 26.0. The minimum absolute atomic E-state index is 0.0144. The van der Waals surface area contributed by atoms with Gasteiger partial charge in [0.25, 0.3) is 0 Å². The smallest absolute Gasteiger partial charge is 0.317 e. The van der Waals surface area contributed by atoms with Crippen LogP contribution in [0.2, 0.25) is 5.02 Å². The zero-order valence-corrected chi connectivity index (χ0v) is 22.4. The summed E-state index contributed by atoms with van der Waals surface area (Å²) in [6.45, 7) is 4.45. The third-order valence-electron chi connectivity index (χ3n) is 6.83. The third kappa shape index (κ3) is 7.35. The number of rotatable bonds is 12. The molecule has 1 aliphatic rings. The number of likely N-dealkylation sites (N-methyl/N-ethyl adjacent to an activating group) is 1. The summed E-state index contributed by atoms with van der Waals surface area (Å²) in [6.07, 6.45) is 3.80. The van der Waals surface area contributed by atoms with E-state index >= 15 is 0 Å². The van der Waals surface area contributed by atoms with Crippen molar-refractivity contribution >= 4 is 17.6 Å². The molecule has 0 radical (unpaired) electrons. The van der Waals surface area contributed by atoms with Gasteiger partial charge in [0, 0.05) is 50.9 Å². The number of halogens is 1. The maximum absolute atomic E-state index is 13.0. The van der Waals surface area contributed by atoms with Crippen molar-refractivity contribution in [2.24, 2.45) is 5.92 Å². The van der Waals surface area contributed by atoms with Gasteiger partial charge in [-0.2, -0.15) is 0 Å². The number of benzene rings is 2. The average Bonchev–Trinajstić information content (AvgIpc) is 2.88. The van der Waals surface area contributed by atoms with Crippen molar-refractivity contribution in [3.05, 3.63) is 59.1 Å². The number of carbonyl (C=O) groups excluding carboxylic acids is 1. The Morgan fingerprint density at radius 1 is 1.19 bits per heavy atom. The second kappa shape index (κ2) is 13.8. The Labute approximate surface area is 220 Å². The van der Waals surface area contributed by atoms with Gasteiger partial charge in [-0.1, -0.05) is 41.9 Å². The molecule has 7 nitrogen and oxygen atoms in total. The molecule has 0 bridgehead atoms. The number of hydrogen-bond donors (Lipinski definition) is 3. The lowest BCUT2D eigenvalue weighted by Crippen LogP contribution is -2.53. The van der Waals surface area contributed by atoms with Gasteiger partial charge >= 0.3 is 6.03 Å². The normalized spacial score (nSPS) is 18.4. The molecular formula is C28H40ClN3O4. The first kappa shape index (κ1) is 28.3. The Kier molecular flexibility index (Phi) is 10.9. The number of hydrogen-bond acceptors (Lipinski definition) is 5. The van der Waals surface area contributed by atoms with Crippen molar-refractivity contribution in [3.8, 4) is 11.5 Å². The van der Waals surface area contributed by atoms with Gasteiger partial charge in [0.15, 0.2) is 0 Å². The molecule has 1 heterocycles. The fourth-order valence-electron chi connectivity index (χ4n) is 4.97. The number of likely N-dealkylation sites (tertiary alicyclic amines) is 1. The van der Waals surface area contributed by atoms with Crippen LogP contribution < -0.4 is 15.4 Å². The number of aliphatic hydroxyl groups is 1.